The van der Waals surface area contributed by atoms with Crippen molar-refractivity contribution in [1.82, 2.24) is 19.6 Å². The smallest absolute Gasteiger partial charge is 0.261 e. The summed E-state index contributed by atoms with van der Waals surface area (Å²) in [5.41, 5.74) is 1.84. The Bertz CT molecular complexity index is 1250. The Kier molecular flexibility index (Phi) is 6.09. The molecule has 0 aromatic heterocycles. The molecule has 0 aliphatic carbocycles. The van der Waals surface area contributed by atoms with Crippen LogP contribution in [0.4, 0.5) is 0 Å². The Hall–Kier alpha value is -4.34. The van der Waals surface area contributed by atoms with Gasteiger partial charge >= 0.3 is 0 Å². The molecule has 0 bridgehead atoms. The van der Waals surface area contributed by atoms with Gasteiger partial charge in [-0.05, 0) is 29.8 Å². The second kappa shape index (κ2) is 9.37. The molecular formula is C26H24N4O6. The van der Waals surface area contributed by atoms with Gasteiger partial charge < -0.3 is 9.80 Å². The molecule has 6 amide bonds. The molecule has 3 heterocycles. The van der Waals surface area contributed by atoms with E-state index in [0.717, 1.165) is 4.90 Å². The number of hydrogen-bond acceptors (Lipinski definition) is 6. The SMILES string of the molecule is O=C(CN1C(=O)CCC1=O)N1CCN(C(=O)c2cccc(CN3C(=O)c4ccccc4C3=O)c2)CC1. The molecule has 184 valence electrons. The van der Waals surface area contributed by atoms with E-state index in [-0.39, 0.29) is 61.4 Å². The molecule has 2 fully saturated rings. The average Bonchev–Trinajstić information content (AvgIpc) is 3.34. The number of imide groups is 2. The third-order valence-corrected chi connectivity index (χ3v) is 6.76. The van der Waals surface area contributed by atoms with Crippen LogP contribution in [-0.2, 0) is 20.9 Å². The summed E-state index contributed by atoms with van der Waals surface area (Å²) < 4.78 is 0. The molecule has 3 aliphatic heterocycles. The Morgan fingerprint density at radius 3 is 1.89 bits per heavy atom. The predicted molar refractivity (Wildman–Crippen MR) is 126 cm³/mol. The van der Waals surface area contributed by atoms with Crippen molar-refractivity contribution in [1.29, 1.82) is 0 Å². The van der Waals surface area contributed by atoms with E-state index < -0.39 is 0 Å². The molecular weight excluding hydrogens is 464 g/mol. The van der Waals surface area contributed by atoms with Gasteiger partial charge in [-0.2, -0.15) is 0 Å². The maximum Gasteiger partial charge on any atom is 0.261 e. The summed E-state index contributed by atoms with van der Waals surface area (Å²) in [6.45, 7) is 1.03. The zero-order chi connectivity index (χ0) is 25.4. The van der Waals surface area contributed by atoms with Crippen molar-refractivity contribution in [3.63, 3.8) is 0 Å². The highest BCUT2D eigenvalue weighted by Crippen LogP contribution is 2.24. The van der Waals surface area contributed by atoms with Crippen molar-refractivity contribution in [2.45, 2.75) is 19.4 Å². The van der Waals surface area contributed by atoms with Crippen LogP contribution in [0.3, 0.4) is 0 Å². The van der Waals surface area contributed by atoms with Gasteiger partial charge in [0.05, 0.1) is 17.7 Å². The lowest BCUT2D eigenvalue weighted by molar-refractivity contribution is -0.146. The van der Waals surface area contributed by atoms with Crippen LogP contribution >= 0.6 is 0 Å². The molecule has 0 unspecified atom stereocenters. The summed E-state index contributed by atoms with van der Waals surface area (Å²) in [7, 11) is 0. The summed E-state index contributed by atoms with van der Waals surface area (Å²) in [6.07, 6.45) is 0.279. The summed E-state index contributed by atoms with van der Waals surface area (Å²) >= 11 is 0. The fraction of sp³-hybridized carbons (Fsp3) is 0.308. The predicted octanol–water partition coefficient (Wildman–Crippen LogP) is 0.916. The topological polar surface area (TPSA) is 115 Å². The molecule has 5 rings (SSSR count). The number of nitrogens with zero attached hydrogens (tertiary/aromatic N) is 4. The van der Waals surface area contributed by atoms with Crippen molar-refractivity contribution in [2.75, 3.05) is 32.7 Å². The van der Waals surface area contributed by atoms with Gasteiger partial charge in [-0.1, -0.05) is 24.3 Å². The fourth-order valence-corrected chi connectivity index (χ4v) is 4.74. The van der Waals surface area contributed by atoms with E-state index in [9.17, 15) is 28.8 Å². The lowest BCUT2D eigenvalue weighted by atomic mass is 10.1. The summed E-state index contributed by atoms with van der Waals surface area (Å²) in [5, 5.41) is 0. The molecule has 2 aromatic rings. The lowest BCUT2D eigenvalue weighted by Gasteiger charge is -2.35. The molecule has 2 aromatic carbocycles. The van der Waals surface area contributed by atoms with Gasteiger partial charge in [-0.25, -0.2) is 0 Å². The number of benzene rings is 2. The van der Waals surface area contributed by atoms with Gasteiger partial charge in [0.2, 0.25) is 17.7 Å². The van der Waals surface area contributed by atoms with E-state index in [2.05, 4.69) is 0 Å². The van der Waals surface area contributed by atoms with Gasteiger partial charge in [0.1, 0.15) is 6.54 Å². The number of carbonyl (C=O) groups is 6. The summed E-state index contributed by atoms with van der Waals surface area (Å²) in [6, 6.07) is 13.5. The highest BCUT2D eigenvalue weighted by atomic mass is 16.2. The zero-order valence-corrected chi connectivity index (χ0v) is 19.5. The molecule has 3 aliphatic rings. The number of hydrogen-bond donors (Lipinski definition) is 0. The number of likely N-dealkylation sites (tertiary alicyclic amines) is 1. The molecule has 0 N–H and O–H groups in total. The van der Waals surface area contributed by atoms with Crippen molar-refractivity contribution < 1.29 is 28.8 Å². The van der Waals surface area contributed by atoms with Gasteiger partial charge in [-0.15, -0.1) is 0 Å². The highest BCUT2D eigenvalue weighted by Gasteiger charge is 2.35. The number of amides is 6. The quantitative estimate of drug-likeness (QED) is 0.578. The van der Waals surface area contributed by atoms with Gasteiger partial charge in [0.15, 0.2) is 0 Å². The molecule has 2 saturated heterocycles. The van der Waals surface area contributed by atoms with Crippen molar-refractivity contribution in [2.24, 2.45) is 0 Å². The first-order valence-electron chi connectivity index (χ1n) is 11.8. The van der Waals surface area contributed by atoms with Crippen molar-refractivity contribution >= 4 is 35.4 Å². The second-order valence-corrected chi connectivity index (χ2v) is 8.99. The molecule has 0 spiro atoms. The summed E-state index contributed by atoms with van der Waals surface area (Å²) in [5.74, 6) is -1.90. The monoisotopic (exact) mass is 488 g/mol. The van der Waals surface area contributed by atoms with E-state index in [1.54, 1.807) is 58.3 Å². The largest absolute Gasteiger partial charge is 0.338 e. The zero-order valence-electron chi connectivity index (χ0n) is 19.5. The van der Waals surface area contributed by atoms with E-state index >= 15 is 0 Å². The number of rotatable bonds is 5. The summed E-state index contributed by atoms with van der Waals surface area (Å²) in [4.78, 5) is 79.9. The molecule has 36 heavy (non-hydrogen) atoms. The van der Waals surface area contributed by atoms with Gasteiger partial charge in [-0.3, -0.25) is 38.6 Å². The molecule has 0 radical (unpaired) electrons. The maximum atomic E-state index is 13.1. The Morgan fingerprint density at radius 1 is 0.694 bits per heavy atom. The standard InChI is InChI=1S/C26H24N4O6/c31-21-8-9-22(32)29(21)16-23(33)27-10-12-28(13-11-27)24(34)18-5-3-4-17(14-18)15-30-25(35)19-6-1-2-7-20(19)26(30)36/h1-7,14H,8-13,15-16H2. The first kappa shape index (κ1) is 23.4. The van der Waals surface area contributed by atoms with Crippen LogP contribution in [0.15, 0.2) is 48.5 Å². The fourth-order valence-electron chi connectivity index (χ4n) is 4.74. The minimum Gasteiger partial charge on any atom is -0.338 e. The molecule has 10 heteroatoms. The van der Waals surface area contributed by atoms with Gasteiger partial charge in [0.25, 0.3) is 17.7 Å². The minimum absolute atomic E-state index is 0.0592. The molecule has 0 saturated carbocycles. The van der Waals surface area contributed by atoms with E-state index in [1.807, 2.05) is 0 Å². The Labute approximate surface area is 207 Å². The second-order valence-electron chi connectivity index (χ2n) is 8.99. The Morgan fingerprint density at radius 2 is 1.28 bits per heavy atom. The van der Waals surface area contributed by atoms with Gasteiger partial charge in [0, 0.05) is 44.6 Å². The lowest BCUT2D eigenvalue weighted by Crippen LogP contribution is -2.53. The number of fused-ring (bicyclic) bond motifs is 1. The first-order valence-corrected chi connectivity index (χ1v) is 11.8. The third-order valence-electron chi connectivity index (χ3n) is 6.76. The van der Waals surface area contributed by atoms with Crippen molar-refractivity contribution in [3.05, 3.63) is 70.8 Å². The van der Waals surface area contributed by atoms with E-state index in [4.69, 9.17) is 0 Å². The molecule has 10 nitrogen and oxygen atoms in total. The van der Waals surface area contributed by atoms with Crippen LogP contribution < -0.4 is 0 Å². The van der Waals surface area contributed by atoms with Crippen LogP contribution in [0.1, 0.15) is 49.5 Å². The normalized spacial score (nSPS) is 17.8. The van der Waals surface area contributed by atoms with E-state index in [1.165, 1.54) is 4.90 Å². The van der Waals surface area contributed by atoms with Crippen molar-refractivity contribution in [3.8, 4) is 0 Å². The van der Waals surface area contributed by atoms with Crippen LogP contribution in [0.2, 0.25) is 0 Å². The van der Waals surface area contributed by atoms with Crippen LogP contribution in [0.5, 0.6) is 0 Å². The number of piperazine rings is 1. The molecule has 0 atom stereocenters. The Balaban J connectivity index is 1.19. The number of carbonyl (C=O) groups excluding carboxylic acids is 6. The first-order chi connectivity index (χ1) is 17.3. The highest BCUT2D eigenvalue weighted by molar-refractivity contribution is 6.21. The van der Waals surface area contributed by atoms with E-state index in [0.29, 0.717) is 48.4 Å². The maximum absolute atomic E-state index is 13.1. The average molecular weight is 489 g/mol. The van der Waals surface area contributed by atoms with Crippen LogP contribution in [0.25, 0.3) is 0 Å². The minimum atomic E-state index is -0.356. The third kappa shape index (κ3) is 4.26. The van der Waals surface area contributed by atoms with Crippen LogP contribution in [-0.4, -0.2) is 87.8 Å². The van der Waals surface area contributed by atoms with Crippen LogP contribution in [0, 0.1) is 0 Å².